The molecule has 0 aliphatic carbocycles. The highest BCUT2D eigenvalue weighted by atomic mass is 32.2. The van der Waals surface area contributed by atoms with Gasteiger partial charge in [-0.05, 0) is 24.0 Å². The fourth-order valence-corrected chi connectivity index (χ4v) is 2.06. The largest absolute Gasteiger partial charge is 0.468 e. The molecule has 5 nitrogen and oxygen atoms in total. The molecule has 6 heteroatoms. The monoisotopic (exact) mass is 277 g/mol. The molecule has 0 bridgehead atoms. The standard InChI is InChI=1S/C13H15N3O2S/c1-18-13(17)11(14)12-15-7-10(16-12)8-3-5-9(19-2)6-4-8/h3-7,11H,14H2,1-2H3,(H,15,16)/t11-/m0/s1. The van der Waals surface area contributed by atoms with E-state index in [0.29, 0.717) is 5.82 Å². The molecular weight excluding hydrogens is 262 g/mol. The maximum absolute atomic E-state index is 11.3. The Bertz CT molecular complexity index is 566. The van der Waals surface area contributed by atoms with Crippen molar-refractivity contribution >= 4 is 17.7 Å². The van der Waals surface area contributed by atoms with Crippen LogP contribution in [0.3, 0.4) is 0 Å². The van der Waals surface area contributed by atoms with Gasteiger partial charge in [0.25, 0.3) is 0 Å². The first-order valence-corrected chi connectivity index (χ1v) is 6.91. The summed E-state index contributed by atoms with van der Waals surface area (Å²) in [6.07, 6.45) is 3.69. The minimum absolute atomic E-state index is 0.399. The van der Waals surface area contributed by atoms with Crippen LogP contribution in [0.5, 0.6) is 0 Å². The van der Waals surface area contributed by atoms with Crippen molar-refractivity contribution in [1.82, 2.24) is 9.97 Å². The number of nitrogens with two attached hydrogens (primary N) is 1. The summed E-state index contributed by atoms with van der Waals surface area (Å²) in [6, 6.07) is 7.16. The number of hydrogen-bond donors (Lipinski definition) is 2. The summed E-state index contributed by atoms with van der Waals surface area (Å²) in [5, 5.41) is 0. The van der Waals surface area contributed by atoms with Crippen LogP contribution in [0, 0.1) is 0 Å². The van der Waals surface area contributed by atoms with Gasteiger partial charge in [-0.3, -0.25) is 0 Å². The van der Waals surface area contributed by atoms with Gasteiger partial charge in [-0.2, -0.15) is 0 Å². The molecule has 0 radical (unpaired) electrons. The average Bonchev–Trinajstić information content (AvgIpc) is 2.95. The molecule has 0 spiro atoms. The summed E-state index contributed by atoms with van der Waals surface area (Å²) in [4.78, 5) is 19.7. The smallest absolute Gasteiger partial charge is 0.330 e. The summed E-state index contributed by atoms with van der Waals surface area (Å²) in [5.41, 5.74) is 7.53. The van der Waals surface area contributed by atoms with E-state index >= 15 is 0 Å². The van der Waals surface area contributed by atoms with Gasteiger partial charge < -0.3 is 15.5 Å². The van der Waals surface area contributed by atoms with E-state index in [1.165, 1.54) is 12.0 Å². The number of nitrogens with zero attached hydrogens (tertiary/aromatic N) is 1. The zero-order valence-electron chi connectivity index (χ0n) is 10.7. The van der Waals surface area contributed by atoms with E-state index in [-0.39, 0.29) is 0 Å². The number of rotatable bonds is 4. The lowest BCUT2D eigenvalue weighted by atomic mass is 10.2. The second-order valence-electron chi connectivity index (χ2n) is 3.91. The van der Waals surface area contributed by atoms with Crippen molar-refractivity contribution in [1.29, 1.82) is 0 Å². The summed E-state index contributed by atoms with van der Waals surface area (Å²) in [7, 11) is 1.30. The molecule has 3 N–H and O–H groups in total. The number of carbonyl (C=O) groups is 1. The molecule has 2 aromatic rings. The second kappa shape index (κ2) is 5.90. The van der Waals surface area contributed by atoms with Crippen LogP contribution in [0.1, 0.15) is 11.9 Å². The van der Waals surface area contributed by atoms with Gasteiger partial charge in [-0.15, -0.1) is 11.8 Å². The number of ether oxygens (including phenoxy) is 1. The van der Waals surface area contributed by atoms with Gasteiger partial charge in [0.1, 0.15) is 5.82 Å². The summed E-state index contributed by atoms with van der Waals surface area (Å²) >= 11 is 1.68. The maximum Gasteiger partial charge on any atom is 0.330 e. The van der Waals surface area contributed by atoms with E-state index in [1.54, 1.807) is 18.0 Å². The molecule has 1 atom stereocenters. The molecule has 0 amide bonds. The second-order valence-corrected chi connectivity index (χ2v) is 4.79. The number of esters is 1. The van der Waals surface area contributed by atoms with E-state index in [9.17, 15) is 4.79 Å². The fourth-order valence-electron chi connectivity index (χ4n) is 1.65. The van der Waals surface area contributed by atoms with Crippen molar-refractivity contribution in [2.75, 3.05) is 13.4 Å². The molecule has 0 aliphatic heterocycles. The third-order valence-corrected chi connectivity index (χ3v) is 3.49. The Hall–Kier alpha value is -1.79. The number of aromatic amines is 1. The Labute approximate surface area is 115 Å². The first-order chi connectivity index (χ1) is 9.15. The van der Waals surface area contributed by atoms with Crippen molar-refractivity contribution in [2.45, 2.75) is 10.9 Å². The number of benzene rings is 1. The Balaban J connectivity index is 2.22. The quantitative estimate of drug-likeness (QED) is 0.659. The van der Waals surface area contributed by atoms with Crippen LogP contribution in [0.25, 0.3) is 11.3 Å². The lowest BCUT2D eigenvalue weighted by Gasteiger charge is -2.05. The topological polar surface area (TPSA) is 81.0 Å². The predicted octanol–water partition coefficient (Wildman–Crippen LogP) is 1.97. The van der Waals surface area contributed by atoms with E-state index in [2.05, 4.69) is 14.7 Å². The van der Waals surface area contributed by atoms with Crippen molar-refractivity contribution in [3.8, 4) is 11.3 Å². The van der Waals surface area contributed by atoms with E-state index in [0.717, 1.165) is 11.3 Å². The van der Waals surface area contributed by atoms with Crippen molar-refractivity contribution in [2.24, 2.45) is 5.73 Å². The first-order valence-electron chi connectivity index (χ1n) is 5.68. The van der Waals surface area contributed by atoms with Gasteiger partial charge in [-0.25, -0.2) is 9.78 Å². The Morgan fingerprint density at radius 3 is 2.68 bits per heavy atom. The Morgan fingerprint density at radius 2 is 2.11 bits per heavy atom. The van der Waals surface area contributed by atoms with Gasteiger partial charge in [0.15, 0.2) is 6.04 Å². The summed E-state index contributed by atoms with van der Waals surface area (Å²) in [6.45, 7) is 0. The number of hydrogen-bond acceptors (Lipinski definition) is 5. The minimum Gasteiger partial charge on any atom is -0.468 e. The number of thioether (sulfide) groups is 1. The highest BCUT2D eigenvalue weighted by Gasteiger charge is 2.19. The molecule has 0 fully saturated rings. The highest BCUT2D eigenvalue weighted by molar-refractivity contribution is 7.98. The van der Waals surface area contributed by atoms with E-state index in [4.69, 9.17) is 5.73 Å². The SMILES string of the molecule is COC(=O)[C@@H](N)c1ncc(-c2ccc(SC)cc2)[nH]1. The molecule has 1 aromatic carbocycles. The molecule has 0 aliphatic rings. The molecular formula is C13H15N3O2S. The van der Waals surface area contributed by atoms with Gasteiger partial charge in [0.05, 0.1) is 19.0 Å². The molecule has 1 aromatic heterocycles. The van der Waals surface area contributed by atoms with Crippen molar-refractivity contribution in [3.63, 3.8) is 0 Å². The third kappa shape index (κ3) is 2.97. The Morgan fingerprint density at radius 1 is 1.42 bits per heavy atom. The fraction of sp³-hybridized carbons (Fsp3) is 0.231. The van der Waals surface area contributed by atoms with Crippen molar-refractivity contribution in [3.05, 3.63) is 36.3 Å². The molecule has 0 saturated carbocycles. The van der Waals surface area contributed by atoms with E-state index in [1.807, 2.05) is 30.5 Å². The lowest BCUT2D eigenvalue weighted by Crippen LogP contribution is -2.23. The van der Waals surface area contributed by atoms with Crippen LogP contribution in [-0.2, 0) is 9.53 Å². The number of aromatic nitrogens is 2. The van der Waals surface area contributed by atoms with Crippen LogP contribution in [-0.4, -0.2) is 29.3 Å². The van der Waals surface area contributed by atoms with Crippen LogP contribution >= 0.6 is 11.8 Å². The van der Waals surface area contributed by atoms with Crippen molar-refractivity contribution < 1.29 is 9.53 Å². The molecule has 1 heterocycles. The molecule has 0 unspecified atom stereocenters. The summed E-state index contributed by atoms with van der Waals surface area (Å²) < 4.78 is 4.58. The predicted molar refractivity (Wildman–Crippen MR) is 74.7 cm³/mol. The molecule has 19 heavy (non-hydrogen) atoms. The minimum atomic E-state index is -0.885. The average molecular weight is 277 g/mol. The van der Waals surface area contributed by atoms with E-state index < -0.39 is 12.0 Å². The van der Waals surface area contributed by atoms with Crippen LogP contribution < -0.4 is 5.73 Å². The number of imidazole rings is 1. The zero-order chi connectivity index (χ0) is 13.8. The number of methoxy groups -OCH3 is 1. The normalized spacial score (nSPS) is 12.2. The van der Waals surface area contributed by atoms with Crippen LogP contribution in [0.4, 0.5) is 0 Å². The molecule has 100 valence electrons. The number of nitrogens with one attached hydrogen (secondary N) is 1. The van der Waals surface area contributed by atoms with Gasteiger partial charge in [0.2, 0.25) is 0 Å². The number of H-pyrrole nitrogens is 1. The lowest BCUT2D eigenvalue weighted by molar-refractivity contribution is -0.142. The zero-order valence-corrected chi connectivity index (χ0v) is 11.5. The maximum atomic E-state index is 11.3. The molecule has 0 saturated heterocycles. The third-order valence-electron chi connectivity index (χ3n) is 2.75. The van der Waals surface area contributed by atoms with Crippen LogP contribution in [0.2, 0.25) is 0 Å². The van der Waals surface area contributed by atoms with Gasteiger partial charge in [0, 0.05) is 4.90 Å². The highest BCUT2D eigenvalue weighted by Crippen LogP contribution is 2.22. The number of carbonyl (C=O) groups excluding carboxylic acids is 1. The Kier molecular flexibility index (Phi) is 4.24. The van der Waals surface area contributed by atoms with Gasteiger partial charge in [-0.1, -0.05) is 12.1 Å². The van der Waals surface area contributed by atoms with Gasteiger partial charge >= 0.3 is 5.97 Å². The van der Waals surface area contributed by atoms with Crippen LogP contribution in [0.15, 0.2) is 35.4 Å². The molecule has 2 rings (SSSR count). The summed E-state index contributed by atoms with van der Waals surface area (Å²) in [5.74, 6) is -0.116. The first kappa shape index (κ1) is 13.6.